The van der Waals surface area contributed by atoms with E-state index in [4.69, 9.17) is 18.9 Å². The molecule has 3 rings (SSSR count). The van der Waals surface area contributed by atoms with Crippen molar-refractivity contribution >= 4 is 17.7 Å². The summed E-state index contributed by atoms with van der Waals surface area (Å²) in [6.45, 7) is 12.8. The van der Waals surface area contributed by atoms with Gasteiger partial charge in [-0.3, -0.25) is 14.4 Å². The van der Waals surface area contributed by atoms with Crippen LogP contribution in [0.2, 0.25) is 0 Å². The van der Waals surface area contributed by atoms with Crippen molar-refractivity contribution in [3.63, 3.8) is 0 Å². The summed E-state index contributed by atoms with van der Waals surface area (Å²) in [5, 5.41) is 14.6. The molecule has 2 heterocycles. The van der Waals surface area contributed by atoms with Crippen LogP contribution in [0, 0.1) is 23.7 Å². The van der Waals surface area contributed by atoms with Gasteiger partial charge in [0.15, 0.2) is 12.1 Å². The summed E-state index contributed by atoms with van der Waals surface area (Å²) in [6, 6.07) is -0.189. The first-order valence-electron chi connectivity index (χ1n) is 17.2. The number of esters is 1. The minimum atomic E-state index is -1.06. The van der Waals surface area contributed by atoms with Crippen LogP contribution in [0.5, 0.6) is 0 Å². The molecule has 0 aromatic heterocycles. The number of hydrogen-bond acceptors (Lipinski definition) is 11. The van der Waals surface area contributed by atoms with E-state index in [2.05, 4.69) is 24.2 Å². The van der Waals surface area contributed by atoms with Gasteiger partial charge < -0.3 is 44.1 Å². The van der Waals surface area contributed by atoms with Crippen molar-refractivity contribution in [1.29, 1.82) is 0 Å². The molecule has 0 spiro atoms. The number of aliphatic hydroxyl groups is 1. The Morgan fingerprint density at radius 1 is 1.13 bits per heavy atom. The predicted octanol–water partition coefficient (Wildman–Crippen LogP) is 1.78. The van der Waals surface area contributed by atoms with Gasteiger partial charge in [-0.05, 0) is 98.9 Å². The summed E-state index contributed by atoms with van der Waals surface area (Å²) >= 11 is 0. The SMILES string of the molecule is CO[C@]1(C)C[C@@H](C)CN(C)CCCN(C(=O)CNCC2CC2)CCOC(=O)C(C)C(=O)[C@H](C)[C@H]1O[C@@H]1O[C@H](C)CC(N(C)C)[C@H]1O. The highest BCUT2D eigenvalue weighted by molar-refractivity contribution is 6.00. The highest BCUT2D eigenvalue weighted by Gasteiger charge is 2.48. The first kappa shape index (κ1) is 38.8. The lowest BCUT2D eigenvalue weighted by atomic mass is 9.78. The minimum Gasteiger partial charge on any atom is -0.463 e. The number of amides is 1. The summed E-state index contributed by atoms with van der Waals surface area (Å²) < 4.78 is 24.5. The summed E-state index contributed by atoms with van der Waals surface area (Å²) in [5.41, 5.74) is -0.943. The zero-order valence-electron chi connectivity index (χ0n) is 29.8. The van der Waals surface area contributed by atoms with E-state index in [1.165, 1.54) is 12.8 Å². The number of carbonyl (C=O) groups is 3. The topological polar surface area (TPSA) is 130 Å². The second kappa shape index (κ2) is 17.6. The summed E-state index contributed by atoms with van der Waals surface area (Å²) in [4.78, 5) is 46.1. The predicted molar refractivity (Wildman–Crippen MR) is 175 cm³/mol. The van der Waals surface area contributed by atoms with Gasteiger partial charge in [-0.2, -0.15) is 0 Å². The van der Waals surface area contributed by atoms with Crippen molar-refractivity contribution in [2.45, 2.75) is 103 Å². The Labute approximate surface area is 276 Å². The van der Waals surface area contributed by atoms with E-state index in [0.29, 0.717) is 25.3 Å². The van der Waals surface area contributed by atoms with Gasteiger partial charge in [-0.15, -0.1) is 0 Å². The second-order valence-electron chi connectivity index (χ2n) is 14.6. The van der Waals surface area contributed by atoms with E-state index in [-0.39, 0.29) is 49.5 Å². The van der Waals surface area contributed by atoms with Crippen LogP contribution in [0.1, 0.15) is 66.7 Å². The number of hydrogen-bond donors (Lipinski definition) is 2. The highest BCUT2D eigenvalue weighted by atomic mass is 16.7. The molecule has 1 aliphatic carbocycles. The van der Waals surface area contributed by atoms with Gasteiger partial charge in [0, 0.05) is 32.2 Å². The molecular formula is C34H62N4O8. The van der Waals surface area contributed by atoms with E-state index in [1.807, 2.05) is 32.8 Å². The van der Waals surface area contributed by atoms with Gasteiger partial charge in [-0.1, -0.05) is 13.8 Å². The molecule has 3 aliphatic rings. The van der Waals surface area contributed by atoms with E-state index < -0.39 is 41.9 Å². The molecule has 46 heavy (non-hydrogen) atoms. The number of Topliss-reactive ketones (excluding diaryl/α,β-unsaturated/α-hetero) is 1. The lowest BCUT2D eigenvalue weighted by Gasteiger charge is -2.46. The number of nitrogens with one attached hydrogen (secondary N) is 1. The van der Waals surface area contributed by atoms with Crippen molar-refractivity contribution in [2.24, 2.45) is 23.7 Å². The van der Waals surface area contributed by atoms with Crippen molar-refractivity contribution in [3.05, 3.63) is 0 Å². The van der Waals surface area contributed by atoms with Crippen molar-refractivity contribution < 1.29 is 38.4 Å². The normalized spacial score (nSPS) is 36.8. The van der Waals surface area contributed by atoms with Gasteiger partial charge in [0.2, 0.25) is 5.91 Å². The highest BCUT2D eigenvalue weighted by Crippen LogP contribution is 2.36. The Hall–Kier alpha value is -1.67. The molecule has 0 aromatic rings. The third-order valence-corrected chi connectivity index (χ3v) is 10.0. The first-order chi connectivity index (χ1) is 21.7. The van der Waals surface area contributed by atoms with E-state index in [0.717, 1.165) is 26.1 Å². The van der Waals surface area contributed by atoms with Crippen LogP contribution >= 0.6 is 0 Å². The number of ketones is 1. The molecule has 12 nitrogen and oxygen atoms in total. The second-order valence-corrected chi connectivity index (χ2v) is 14.6. The molecule has 1 amide bonds. The standard InChI is InChI=1S/C34H62N4O8/c1-22-18-34(5,43-9)31(46-33-30(41)27(36(6)7)17-23(2)45-33)24(3)29(40)25(4)32(42)44-16-15-38(14-10-13-37(8)21-22)28(39)20-35-19-26-11-12-26/h22-27,30-31,33,35,41H,10-21H2,1-9H3/t22-,23-,24+,25?,27?,30-,31-,33+,34-/m1/s1. The quantitative estimate of drug-likeness (QED) is 0.294. The molecule has 1 saturated carbocycles. The lowest BCUT2D eigenvalue weighted by molar-refractivity contribution is -0.295. The summed E-state index contributed by atoms with van der Waals surface area (Å²) in [6.07, 6.45) is 1.47. The molecule has 2 N–H and O–H groups in total. The Balaban J connectivity index is 1.83. The van der Waals surface area contributed by atoms with Crippen LogP contribution in [-0.4, -0.2) is 148 Å². The van der Waals surface area contributed by atoms with Crippen LogP contribution in [0.3, 0.4) is 0 Å². The average Bonchev–Trinajstić information content (AvgIpc) is 3.82. The number of nitrogens with zero attached hydrogens (tertiary/aromatic N) is 3. The third-order valence-electron chi connectivity index (χ3n) is 10.0. The molecule has 0 radical (unpaired) electrons. The fourth-order valence-electron chi connectivity index (χ4n) is 7.04. The Bertz CT molecular complexity index is 996. The van der Waals surface area contributed by atoms with Crippen LogP contribution in [0.15, 0.2) is 0 Å². The zero-order chi connectivity index (χ0) is 34.2. The molecule has 9 atom stereocenters. The van der Waals surface area contributed by atoms with Gasteiger partial charge in [0.25, 0.3) is 0 Å². The number of rotatable bonds is 8. The number of carbonyl (C=O) groups excluding carboxylic acids is 3. The van der Waals surface area contributed by atoms with Crippen LogP contribution in [-0.2, 0) is 33.3 Å². The Morgan fingerprint density at radius 2 is 1.83 bits per heavy atom. The molecule has 12 heteroatoms. The number of likely N-dealkylation sites (N-methyl/N-ethyl adjacent to an activating group) is 1. The maximum absolute atomic E-state index is 13.9. The molecule has 2 aliphatic heterocycles. The van der Waals surface area contributed by atoms with E-state index >= 15 is 0 Å². The molecule has 266 valence electrons. The molecule has 2 saturated heterocycles. The fourth-order valence-corrected chi connectivity index (χ4v) is 7.04. The third kappa shape index (κ3) is 10.9. The molecule has 2 unspecified atom stereocenters. The fraction of sp³-hybridized carbons (Fsp3) is 0.912. The molecule has 0 aromatic carbocycles. The maximum atomic E-state index is 13.9. The Morgan fingerprint density at radius 3 is 2.46 bits per heavy atom. The van der Waals surface area contributed by atoms with Gasteiger partial charge in [0.05, 0.1) is 30.9 Å². The number of cyclic esters (lactones) is 1. The maximum Gasteiger partial charge on any atom is 0.316 e. The van der Waals surface area contributed by atoms with Crippen LogP contribution in [0.4, 0.5) is 0 Å². The van der Waals surface area contributed by atoms with Gasteiger partial charge in [0.1, 0.15) is 18.6 Å². The molecule has 3 fully saturated rings. The van der Waals surface area contributed by atoms with Crippen LogP contribution < -0.4 is 5.32 Å². The lowest BCUT2D eigenvalue weighted by Crippen LogP contribution is -2.59. The van der Waals surface area contributed by atoms with Crippen molar-refractivity contribution in [2.75, 3.05) is 74.1 Å². The monoisotopic (exact) mass is 654 g/mol. The van der Waals surface area contributed by atoms with E-state index in [1.54, 1.807) is 25.9 Å². The van der Waals surface area contributed by atoms with Crippen molar-refractivity contribution in [1.82, 2.24) is 20.0 Å². The largest absolute Gasteiger partial charge is 0.463 e. The Kier molecular flexibility index (Phi) is 14.9. The average molecular weight is 655 g/mol. The molecular weight excluding hydrogens is 592 g/mol. The first-order valence-corrected chi connectivity index (χ1v) is 17.2. The minimum absolute atomic E-state index is 0.00765. The summed E-state index contributed by atoms with van der Waals surface area (Å²) in [5.74, 6) is -2.01. The van der Waals surface area contributed by atoms with Crippen molar-refractivity contribution in [3.8, 4) is 0 Å². The van der Waals surface area contributed by atoms with E-state index in [9.17, 15) is 19.5 Å². The van der Waals surface area contributed by atoms with Gasteiger partial charge >= 0.3 is 5.97 Å². The number of aliphatic hydroxyl groups excluding tert-OH is 1. The smallest absolute Gasteiger partial charge is 0.316 e. The zero-order valence-corrected chi connectivity index (χ0v) is 29.8. The molecule has 0 bridgehead atoms. The summed E-state index contributed by atoms with van der Waals surface area (Å²) in [7, 11) is 7.50. The number of ether oxygens (including phenoxy) is 4. The number of methoxy groups -OCH3 is 1. The van der Waals surface area contributed by atoms with Crippen LogP contribution in [0.25, 0.3) is 0 Å². The van der Waals surface area contributed by atoms with Gasteiger partial charge in [-0.25, -0.2) is 0 Å².